The van der Waals surface area contributed by atoms with Crippen molar-refractivity contribution in [2.75, 3.05) is 18.0 Å². The van der Waals surface area contributed by atoms with Crippen LogP contribution in [0.15, 0.2) is 18.2 Å². The number of rotatable bonds is 3. The zero-order chi connectivity index (χ0) is 14.0. The van der Waals surface area contributed by atoms with Crippen LogP contribution in [0.1, 0.15) is 44.2 Å². The normalized spacial score (nSPS) is 22.6. The molecule has 1 aliphatic heterocycles. The van der Waals surface area contributed by atoms with Crippen molar-refractivity contribution in [2.24, 2.45) is 11.7 Å². The molecule has 1 aromatic rings. The van der Waals surface area contributed by atoms with Gasteiger partial charge in [0.05, 0.1) is 0 Å². The highest BCUT2D eigenvalue weighted by Gasteiger charge is 2.33. The van der Waals surface area contributed by atoms with Crippen LogP contribution in [0.2, 0.25) is 0 Å². The summed E-state index contributed by atoms with van der Waals surface area (Å²) in [5, 5.41) is 0. The van der Waals surface area contributed by atoms with Crippen LogP contribution in [0.4, 0.5) is 5.69 Å². The molecule has 0 bridgehead atoms. The minimum atomic E-state index is 0.257. The third kappa shape index (κ3) is 3.11. The highest BCUT2D eigenvalue weighted by atomic mass is 15.2. The first-order valence-electron chi connectivity index (χ1n) is 7.49. The predicted octanol–water partition coefficient (Wildman–Crippen LogP) is 3.65. The highest BCUT2D eigenvalue weighted by molar-refractivity contribution is 5.53. The number of nitrogens with zero attached hydrogens (tertiary/aromatic N) is 1. The lowest BCUT2D eigenvalue weighted by Gasteiger charge is -2.47. The third-order valence-corrected chi connectivity index (χ3v) is 4.71. The first-order valence-corrected chi connectivity index (χ1v) is 7.49. The molecule has 0 saturated carbocycles. The first kappa shape index (κ1) is 14.4. The number of aryl methyl sites for hydroxylation is 2. The lowest BCUT2D eigenvalue weighted by Crippen LogP contribution is -2.51. The second-order valence-electron chi connectivity index (χ2n) is 6.67. The Morgan fingerprint density at radius 3 is 2.63 bits per heavy atom. The van der Waals surface area contributed by atoms with Gasteiger partial charge >= 0.3 is 0 Å². The molecule has 1 aliphatic rings. The van der Waals surface area contributed by atoms with E-state index in [1.54, 1.807) is 0 Å². The average Bonchev–Trinajstić information content (AvgIpc) is 2.35. The molecular weight excluding hydrogens is 232 g/mol. The number of anilines is 1. The predicted molar refractivity (Wildman–Crippen MR) is 83.7 cm³/mol. The maximum absolute atomic E-state index is 5.74. The number of hydrogen-bond acceptors (Lipinski definition) is 2. The molecule has 1 atom stereocenters. The Morgan fingerprint density at radius 2 is 2.00 bits per heavy atom. The van der Waals surface area contributed by atoms with Crippen molar-refractivity contribution in [1.29, 1.82) is 0 Å². The smallest absolute Gasteiger partial charge is 0.0373 e. The van der Waals surface area contributed by atoms with Crippen LogP contribution in [-0.2, 0) is 0 Å². The summed E-state index contributed by atoms with van der Waals surface area (Å²) in [4.78, 5) is 2.59. The van der Waals surface area contributed by atoms with E-state index < -0.39 is 0 Å². The number of nitrogens with two attached hydrogens (primary N) is 1. The van der Waals surface area contributed by atoms with Crippen molar-refractivity contribution in [1.82, 2.24) is 0 Å². The third-order valence-electron chi connectivity index (χ3n) is 4.71. The van der Waals surface area contributed by atoms with E-state index in [1.807, 2.05) is 0 Å². The molecule has 0 spiro atoms. The maximum atomic E-state index is 5.74. The zero-order valence-corrected chi connectivity index (χ0v) is 12.9. The second kappa shape index (κ2) is 5.54. The van der Waals surface area contributed by atoms with Gasteiger partial charge in [0.15, 0.2) is 0 Å². The summed E-state index contributed by atoms with van der Waals surface area (Å²) in [5.74, 6) is 0.750. The summed E-state index contributed by atoms with van der Waals surface area (Å²) in [6.45, 7) is 11.1. The van der Waals surface area contributed by atoms with Crippen molar-refractivity contribution < 1.29 is 0 Å². The standard InChI is InChI=1S/C17H28N2/c1-13-5-6-16(11-14(13)2)19-12-15(8-10-18)7-9-17(19,3)4/h5-6,11,15H,7-10,12,18H2,1-4H3. The minimum absolute atomic E-state index is 0.257. The van der Waals surface area contributed by atoms with Gasteiger partial charge in [-0.25, -0.2) is 0 Å². The number of piperidine rings is 1. The van der Waals surface area contributed by atoms with Crippen LogP contribution in [0.3, 0.4) is 0 Å². The lowest BCUT2D eigenvalue weighted by atomic mass is 9.83. The van der Waals surface area contributed by atoms with Crippen LogP contribution < -0.4 is 10.6 Å². The van der Waals surface area contributed by atoms with Crippen LogP contribution in [0.25, 0.3) is 0 Å². The van der Waals surface area contributed by atoms with E-state index >= 15 is 0 Å². The summed E-state index contributed by atoms with van der Waals surface area (Å²) in [5.41, 5.74) is 10.1. The van der Waals surface area contributed by atoms with Crippen molar-refractivity contribution in [2.45, 2.75) is 52.5 Å². The Labute approximate surface area is 118 Å². The quantitative estimate of drug-likeness (QED) is 0.899. The molecule has 1 heterocycles. The summed E-state index contributed by atoms with van der Waals surface area (Å²) in [6.07, 6.45) is 3.72. The van der Waals surface area contributed by atoms with Crippen LogP contribution in [0, 0.1) is 19.8 Å². The fourth-order valence-electron chi connectivity index (χ4n) is 3.11. The topological polar surface area (TPSA) is 29.3 Å². The van der Waals surface area contributed by atoms with Gasteiger partial charge in [0.2, 0.25) is 0 Å². The van der Waals surface area contributed by atoms with E-state index in [1.165, 1.54) is 29.7 Å². The summed E-state index contributed by atoms with van der Waals surface area (Å²) >= 11 is 0. The molecule has 106 valence electrons. The summed E-state index contributed by atoms with van der Waals surface area (Å²) in [7, 11) is 0. The maximum Gasteiger partial charge on any atom is 0.0373 e. The Balaban J connectivity index is 2.25. The fraction of sp³-hybridized carbons (Fsp3) is 0.647. The molecule has 1 unspecified atom stereocenters. The van der Waals surface area contributed by atoms with E-state index in [0.29, 0.717) is 0 Å². The molecule has 2 nitrogen and oxygen atoms in total. The van der Waals surface area contributed by atoms with Gasteiger partial charge in [0.1, 0.15) is 0 Å². The van der Waals surface area contributed by atoms with Gasteiger partial charge in [-0.15, -0.1) is 0 Å². The van der Waals surface area contributed by atoms with Crippen molar-refractivity contribution in [3.8, 4) is 0 Å². The zero-order valence-electron chi connectivity index (χ0n) is 12.9. The molecule has 1 fully saturated rings. The summed E-state index contributed by atoms with van der Waals surface area (Å²) < 4.78 is 0. The first-order chi connectivity index (χ1) is 8.94. The molecule has 1 saturated heterocycles. The molecule has 1 aromatic carbocycles. The molecule has 0 amide bonds. The Kier molecular flexibility index (Phi) is 4.19. The second-order valence-corrected chi connectivity index (χ2v) is 6.67. The van der Waals surface area contributed by atoms with Gasteiger partial charge in [0, 0.05) is 17.8 Å². The van der Waals surface area contributed by atoms with E-state index in [-0.39, 0.29) is 5.54 Å². The molecule has 0 radical (unpaired) electrons. The van der Waals surface area contributed by atoms with Gasteiger partial charge < -0.3 is 10.6 Å². The van der Waals surface area contributed by atoms with Gasteiger partial charge in [-0.3, -0.25) is 0 Å². The van der Waals surface area contributed by atoms with Crippen LogP contribution in [-0.4, -0.2) is 18.6 Å². The van der Waals surface area contributed by atoms with Gasteiger partial charge in [0.25, 0.3) is 0 Å². The lowest BCUT2D eigenvalue weighted by molar-refractivity contribution is 0.282. The molecule has 19 heavy (non-hydrogen) atoms. The largest absolute Gasteiger partial charge is 0.366 e. The Bertz CT molecular complexity index is 437. The number of hydrogen-bond donors (Lipinski definition) is 1. The molecule has 2 N–H and O–H groups in total. The van der Waals surface area contributed by atoms with Crippen LogP contribution in [0.5, 0.6) is 0 Å². The molecule has 2 rings (SSSR count). The Morgan fingerprint density at radius 1 is 1.26 bits per heavy atom. The molecule has 2 heteroatoms. The van der Waals surface area contributed by atoms with Crippen LogP contribution >= 0.6 is 0 Å². The Hall–Kier alpha value is -1.02. The fourth-order valence-corrected chi connectivity index (χ4v) is 3.11. The molecular formula is C17H28N2. The minimum Gasteiger partial charge on any atom is -0.366 e. The van der Waals surface area contributed by atoms with Crippen molar-refractivity contribution in [3.05, 3.63) is 29.3 Å². The van der Waals surface area contributed by atoms with E-state index in [4.69, 9.17) is 5.73 Å². The molecule has 0 aromatic heterocycles. The van der Waals surface area contributed by atoms with Gasteiger partial charge in [-0.05, 0) is 82.7 Å². The van der Waals surface area contributed by atoms with E-state index in [2.05, 4.69) is 50.8 Å². The SMILES string of the molecule is Cc1ccc(N2CC(CCN)CCC2(C)C)cc1C. The average molecular weight is 260 g/mol. The van der Waals surface area contributed by atoms with Crippen molar-refractivity contribution in [3.63, 3.8) is 0 Å². The number of benzene rings is 1. The monoisotopic (exact) mass is 260 g/mol. The van der Waals surface area contributed by atoms with Crippen molar-refractivity contribution >= 4 is 5.69 Å². The van der Waals surface area contributed by atoms with E-state index in [0.717, 1.165) is 25.4 Å². The highest BCUT2D eigenvalue weighted by Crippen LogP contribution is 2.36. The molecule has 0 aliphatic carbocycles. The van der Waals surface area contributed by atoms with E-state index in [9.17, 15) is 0 Å². The summed E-state index contributed by atoms with van der Waals surface area (Å²) in [6, 6.07) is 6.85. The van der Waals surface area contributed by atoms with Gasteiger partial charge in [-0.2, -0.15) is 0 Å². The van der Waals surface area contributed by atoms with Gasteiger partial charge in [-0.1, -0.05) is 6.07 Å².